The second-order valence-corrected chi connectivity index (χ2v) is 7.31. The quantitative estimate of drug-likeness (QED) is 0.683. The molecular formula is C17H14Cl2N2O2S. The molecular weight excluding hydrogens is 367 g/mol. The predicted octanol–water partition coefficient (Wildman–Crippen LogP) is 5.07. The van der Waals surface area contributed by atoms with Crippen LogP contribution in [0.5, 0.6) is 0 Å². The predicted molar refractivity (Wildman–Crippen MR) is 99.0 cm³/mol. The van der Waals surface area contributed by atoms with Crippen LogP contribution < -0.4 is 0 Å². The van der Waals surface area contributed by atoms with Crippen molar-refractivity contribution in [3.63, 3.8) is 0 Å². The van der Waals surface area contributed by atoms with E-state index >= 15 is 0 Å². The highest BCUT2D eigenvalue weighted by atomic mass is 35.5. The number of benzene rings is 1. The van der Waals surface area contributed by atoms with Crippen molar-refractivity contribution in [2.75, 3.05) is 7.05 Å². The van der Waals surface area contributed by atoms with Crippen molar-refractivity contribution in [2.45, 2.75) is 13.8 Å². The first kappa shape index (κ1) is 17.1. The number of halogens is 2. The maximum atomic E-state index is 12.1. The van der Waals surface area contributed by atoms with Crippen LogP contribution in [0.4, 0.5) is 4.79 Å². The Balaban J connectivity index is 2.06. The third-order valence-corrected chi connectivity index (χ3v) is 5.60. The van der Waals surface area contributed by atoms with Gasteiger partial charge in [-0.15, -0.1) is 0 Å². The first-order valence-corrected chi connectivity index (χ1v) is 8.72. The molecule has 0 aliphatic carbocycles. The average molecular weight is 381 g/mol. The standard InChI is InChI=1S/C17H14Cl2N2O2S/c1-9-6-11(7-15-16(22)20(3)17(23)24-15)10(2)21(9)12-4-5-13(18)14(19)8-12/h4-8H,1-3H3/b15-7+. The molecule has 2 heterocycles. The number of aromatic nitrogens is 1. The number of imide groups is 1. The molecule has 24 heavy (non-hydrogen) atoms. The van der Waals surface area contributed by atoms with Gasteiger partial charge < -0.3 is 4.57 Å². The topological polar surface area (TPSA) is 42.3 Å². The van der Waals surface area contributed by atoms with Gasteiger partial charge in [0.15, 0.2) is 0 Å². The number of hydrogen-bond acceptors (Lipinski definition) is 3. The van der Waals surface area contributed by atoms with E-state index in [4.69, 9.17) is 23.2 Å². The molecule has 7 heteroatoms. The van der Waals surface area contributed by atoms with Crippen molar-refractivity contribution in [3.8, 4) is 5.69 Å². The molecule has 1 aromatic heterocycles. The Labute approximate surface area is 154 Å². The molecule has 3 rings (SSSR count). The van der Waals surface area contributed by atoms with E-state index in [2.05, 4.69) is 0 Å². The fourth-order valence-corrected chi connectivity index (χ4v) is 3.75. The van der Waals surface area contributed by atoms with E-state index in [0.717, 1.165) is 39.3 Å². The van der Waals surface area contributed by atoms with Gasteiger partial charge in [-0.1, -0.05) is 23.2 Å². The molecule has 1 aliphatic heterocycles. The van der Waals surface area contributed by atoms with Crippen LogP contribution in [0.2, 0.25) is 10.0 Å². The number of carbonyl (C=O) groups is 2. The molecule has 0 atom stereocenters. The minimum absolute atomic E-state index is 0.260. The highest BCUT2D eigenvalue weighted by Crippen LogP contribution is 2.33. The van der Waals surface area contributed by atoms with E-state index in [9.17, 15) is 9.59 Å². The minimum Gasteiger partial charge on any atom is -0.318 e. The monoisotopic (exact) mass is 380 g/mol. The molecule has 0 radical (unpaired) electrons. The van der Waals surface area contributed by atoms with Gasteiger partial charge in [0.25, 0.3) is 11.1 Å². The molecule has 0 unspecified atom stereocenters. The maximum absolute atomic E-state index is 12.1. The van der Waals surface area contributed by atoms with Gasteiger partial charge >= 0.3 is 0 Å². The fourth-order valence-electron chi connectivity index (χ4n) is 2.64. The average Bonchev–Trinajstić information content (AvgIpc) is 2.94. The molecule has 1 aromatic carbocycles. The molecule has 2 aromatic rings. The number of thioether (sulfide) groups is 1. The van der Waals surface area contributed by atoms with E-state index in [1.165, 1.54) is 7.05 Å². The molecule has 0 bridgehead atoms. The number of carbonyl (C=O) groups excluding carboxylic acids is 2. The lowest BCUT2D eigenvalue weighted by Gasteiger charge is -2.10. The Morgan fingerprint density at radius 1 is 1.08 bits per heavy atom. The number of rotatable bonds is 2. The van der Waals surface area contributed by atoms with Gasteiger partial charge in [0, 0.05) is 24.1 Å². The van der Waals surface area contributed by atoms with Gasteiger partial charge in [0.2, 0.25) is 0 Å². The minimum atomic E-state index is -0.274. The third kappa shape index (κ3) is 2.88. The summed E-state index contributed by atoms with van der Waals surface area (Å²) in [6.07, 6.45) is 1.75. The first-order chi connectivity index (χ1) is 11.3. The smallest absolute Gasteiger partial charge is 0.293 e. The van der Waals surface area contributed by atoms with Gasteiger partial charge in [0.05, 0.1) is 15.0 Å². The lowest BCUT2D eigenvalue weighted by molar-refractivity contribution is -0.121. The van der Waals surface area contributed by atoms with Gasteiger partial charge in [-0.2, -0.15) is 0 Å². The number of likely N-dealkylation sites (N-methyl/N-ethyl adjacent to an activating group) is 1. The summed E-state index contributed by atoms with van der Waals surface area (Å²) >= 11 is 13.0. The lowest BCUT2D eigenvalue weighted by Crippen LogP contribution is -2.22. The second kappa shape index (κ2) is 6.31. The SMILES string of the molecule is Cc1cc(/C=C2/SC(=O)N(C)C2=O)c(C)n1-c1ccc(Cl)c(Cl)c1. The molecule has 4 nitrogen and oxygen atoms in total. The highest BCUT2D eigenvalue weighted by Gasteiger charge is 2.32. The van der Waals surface area contributed by atoms with Gasteiger partial charge in [-0.05, 0) is 61.5 Å². The van der Waals surface area contributed by atoms with Gasteiger partial charge in [0.1, 0.15) is 0 Å². The summed E-state index contributed by atoms with van der Waals surface area (Å²) in [5.41, 5.74) is 3.72. The number of nitrogens with zero attached hydrogens (tertiary/aromatic N) is 2. The number of amides is 2. The summed E-state index contributed by atoms with van der Waals surface area (Å²) in [4.78, 5) is 25.2. The van der Waals surface area contributed by atoms with Crippen molar-refractivity contribution in [3.05, 3.63) is 56.2 Å². The van der Waals surface area contributed by atoms with E-state index in [1.807, 2.05) is 30.5 Å². The Kier molecular flexibility index (Phi) is 4.51. The maximum Gasteiger partial charge on any atom is 0.293 e. The fraction of sp³-hybridized carbons (Fsp3) is 0.176. The molecule has 0 spiro atoms. The van der Waals surface area contributed by atoms with Crippen LogP contribution in [0.15, 0.2) is 29.2 Å². The molecule has 1 aliphatic rings. The van der Waals surface area contributed by atoms with E-state index in [-0.39, 0.29) is 11.1 Å². The van der Waals surface area contributed by atoms with Crippen LogP contribution in [0.1, 0.15) is 17.0 Å². The second-order valence-electron chi connectivity index (χ2n) is 5.50. The molecule has 1 fully saturated rings. The highest BCUT2D eigenvalue weighted by molar-refractivity contribution is 8.18. The van der Waals surface area contributed by atoms with Crippen LogP contribution in [0.25, 0.3) is 11.8 Å². The normalized spacial score (nSPS) is 16.5. The Hall–Kier alpha value is -1.69. The van der Waals surface area contributed by atoms with E-state index in [0.29, 0.717) is 15.0 Å². The summed E-state index contributed by atoms with van der Waals surface area (Å²) in [7, 11) is 1.48. The molecule has 124 valence electrons. The molecule has 1 saturated heterocycles. The van der Waals surface area contributed by atoms with Crippen LogP contribution in [0, 0.1) is 13.8 Å². The zero-order chi connectivity index (χ0) is 17.6. The largest absolute Gasteiger partial charge is 0.318 e. The number of aryl methyl sites for hydroxylation is 1. The summed E-state index contributed by atoms with van der Waals surface area (Å²) in [5, 5.41) is 0.722. The van der Waals surface area contributed by atoms with E-state index < -0.39 is 0 Å². The Bertz CT molecular complexity index is 902. The molecule has 0 saturated carbocycles. The zero-order valence-electron chi connectivity index (χ0n) is 13.3. The van der Waals surface area contributed by atoms with Crippen molar-refractivity contribution in [2.24, 2.45) is 0 Å². The Morgan fingerprint density at radius 3 is 2.38 bits per heavy atom. The van der Waals surface area contributed by atoms with Gasteiger partial charge in [-0.3, -0.25) is 14.5 Å². The van der Waals surface area contributed by atoms with Crippen LogP contribution in [-0.4, -0.2) is 27.7 Å². The Morgan fingerprint density at radius 2 is 1.79 bits per heavy atom. The molecule has 0 N–H and O–H groups in total. The summed E-state index contributed by atoms with van der Waals surface area (Å²) in [6.45, 7) is 3.93. The van der Waals surface area contributed by atoms with E-state index in [1.54, 1.807) is 18.2 Å². The summed E-state index contributed by atoms with van der Waals surface area (Å²) in [6, 6.07) is 7.41. The van der Waals surface area contributed by atoms with Crippen LogP contribution in [-0.2, 0) is 4.79 Å². The van der Waals surface area contributed by atoms with Gasteiger partial charge in [-0.25, -0.2) is 0 Å². The van der Waals surface area contributed by atoms with Crippen LogP contribution in [0.3, 0.4) is 0 Å². The summed E-state index contributed by atoms with van der Waals surface area (Å²) in [5.74, 6) is -0.274. The van der Waals surface area contributed by atoms with Crippen LogP contribution >= 0.6 is 35.0 Å². The zero-order valence-corrected chi connectivity index (χ0v) is 15.6. The van der Waals surface area contributed by atoms with Crippen molar-refractivity contribution >= 4 is 52.2 Å². The number of hydrogen-bond donors (Lipinski definition) is 0. The van der Waals surface area contributed by atoms with Crippen molar-refractivity contribution in [1.82, 2.24) is 9.47 Å². The summed E-state index contributed by atoms with van der Waals surface area (Å²) < 4.78 is 2.03. The van der Waals surface area contributed by atoms with Crippen molar-refractivity contribution in [1.29, 1.82) is 0 Å². The first-order valence-electron chi connectivity index (χ1n) is 7.15. The van der Waals surface area contributed by atoms with Crippen molar-refractivity contribution < 1.29 is 9.59 Å². The molecule has 2 amide bonds. The lowest BCUT2D eigenvalue weighted by atomic mass is 10.2. The third-order valence-electron chi connectivity index (χ3n) is 3.90.